The van der Waals surface area contributed by atoms with Crippen molar-refractivity contribution in [2.75, 3.05) is 0 Å². The molecule has 0 bridgehead atoms. The van der Waals surface area contributed by atoms with Crippen LogP contribution in [0, 0.1) is 5.21 Å². The topological polar surface area (TPSA) is 52.6 Å². The van der Waals surface area contributed by atoms with Crippen molar-refractivity contribution < 1.29 is 9.53 Å². The lowest BCUT2D eigenvalue weighted by molar-refractivity contribution is 0.0281. The minimum atomic E-state index is -0.828. The zero-order valence-electron chi connectivity index (χ0n) is 11.3. The smallest absolute Gasteiger partial charge is 0.399 e. The van der Waals surface area contributed by atoms with Gasteiger partial charge in [-0.3, -0.25) is 0 Å². The highest BCUT2D eigenvalue weighted by molar-refractivity contribution is 5.69. The zero-order valence-corrected chi connectivity index (χ0v) is 11.3. The van der Waals surface area contributed by atoms with Crippen LogP contribution in [0.5, 0.6) is 0 Å². The normalized spacial score (nSPS) is 12.9. The maximum Gasteiger partial charge on any atom is 0.399 e. The Hall–Kier alpha value is -1.55. The van der Waals surface area contributed by atoms with E-state index in [1.165, 1.54) is 0 Å². The van der Waals surface area contributed by atoms with E-state index < -0.39 is 17.7 Å². The molecule has 1 atom stereocenters. The van der Waals surface area contributed by atoms with Crippen LogP contribution in [0.1, 0.15) is 33.3 Å². The summed E-state index contributed by atoms with van der Waals surface area (Å²) in [7, 11) is 0. The minimum absolute atomic E-state index is 0.401. The largest absolute Gasteiger partial charge is 0.753 e. The predicted octanol–water partition coefficient (Wildman–Crippen LogP) is 3.35. The quantitative estimate of drug-likeness (QED) is 0.773. The standard InChI is InChI=1S/C14H20NO3/c1-11(10-12-8-6-5-7-9-12)15(17)13(16)18-14(2,3)4/h5-9,11H,10H2,1-4H3/q-1. The van der Waals surface area contributed by atoms with Gasteiger partial charge in [-0.1, -0.05) is 30.3 Å². The van der Waals surface area contributed by atoms with Crippen LogP contribution in [0.15, 0.2) is 30.3 Å². The van der Waals surface area contributed by atoms with Crippen molar-refractivity contribution in [2.24, 2.45) is 0 Å². The van der Waals surface area contributed by atoms with Crippen LogP contribution in [0.25, 0.3) is 0 Å². The number of hydrogen-bond donors (Lipinski definition) is 0. The summed E-state index contributed by atoms with van der Waals surface area (Å²) in [6.07, 6.45) is -0.310. The van der Waals surface area contributed by atoms with Gasteiger partial charge in [0.25, 0.3) is 0 Å². The van der Waals surface area contributed by atoms with E-state index in [1.807, 2.05) is 30.3 Å². The molecule has 0 fully saturated rings. The van der Waals surface area contributed by atoms with Gasteiger partial charge >= 0.3 is 6.09 Å². The first kappa shape index (κ1) is 14.5. The lowest BCUT2D eigenvalue weighted by Crippen LogP contribution is -2.39. The van der Waals surface area contributed by atoms with Crippen molar-refractivity contribution in [3.63, 3.8) is 0 Å². The van der Waals surface area contributed by atoms with E-state index in [-0.39, 0.29) is 0 Å². The van der Waals surface area contributed by atoms with E-state index in [4.69, 9.17) is 4.74 Å². The number of amides is 1. The number of rotatable bonds is 3. The van der Waals surface area contributed by atoms with E-state index in [0.29, 0.717) is 11.5 Å². The number of carbonyl (C=O) groups excluding carboxylic acids is 1. The number of hydrogen-bond acceptors (Lipinski definition) is 3. The second-order valence-corrected chi connectivity index (χ2v) is 5.34. The van der Waals surface area contributed by atoms with Crippen molar-refractivity contribution in [1.82, 2.24) is 5.06 Å². The van der Waals surface area contributed by atoms with Gasteiger partial charge in [0.15, 0.2) is 0 Å². The molecule has 1 amide bonds. The molecule has 18 heavy (non-hydrogen) atoms. The van der Waals surface area contributed by atoms with Crippen molar-refractivity contribution in [1.29, 1.82) is 0 Å². The molecule has 4 nitrogen and oxygen atoms in total. The molecule has 1 unspecified atom stereocenters. The summed E-state index contributed by atoms with van der Waals surface area (Å²) in [5.41, 5.74) is 0.376. The van der Waals surface area contributed by atoms with Crippen LogP contribution >= 0.6 is 0 Å². The van der Waals surface area contributed by atoms with Gasteiger partial charge in [-0.15, -0.1) is 0 Å². The zero-order chi connectivity index (χ0) is 13.8. The summed E-state index contributed by atoms with van der Waals surface area (Å²) >= 11 is 0. The molecular weight excluding hydrogens is 230 g/mol. The summed E-state index contributed by atoms with van der Waals surface area (Å²) in [6, 6.07) is 9.15. The number of hydroxylamine groups is 2. The third kappa shape index (κ3) is 4.75. The van der Waals surface area contributed by atoms with E-state index >= 15 is 0 Å². The molecule has 0 aliphatic rings. The first-order chi connectivity index (χ1) is 8.29. The molecule has 0 saturated carbocycles. The van der Waals surface area contributed by atoms with Crippen LogP contribution in [0.3, 0.4) is 0 Å². The fourth-order valence-corrected chi connectivity index (χ4v) is 1.52. The molecule has 0 spiro atoms. The summed E-state index contributed by atoms with van der Waals surface area (Å²) < 4.78 is 5.03. The van der Waals surface area contributed by atoms with Crippen LogP contribution < -0.4 is 0 Å². The molecule has 0 heterocycles. The Labute approximate surface area is 108 Å². The van der Waals surface area contributed by atoms with Gasteiger partial charge in [-0.05, 0) is 39.7 Å². The van der Waals surface area contributed by atoms with Crippen molar-refractivity contribution in [3.8, 4) is 0 Å². The van der Waals surface area contributed by atoms with Gasteiger partial charge in [0.1, 0.15) is 5.60 Å². The molecule has 4 heteroatoms. The average molecular weight is 250 g/mol. The van der Waals surface area contributed by atoms with Crippen LogP contribution in [0.2, 0.25) is 0 Å². The third-order valence-corrected chi connectivity index (χ3v) is 2.35. The van der Waals surface area contributed by atoms with Gasteiger partial charge in [0.05, 0.1) is 0 Å². The maximum atomic E-state index is 11.8. The van der Waals surface area contributed by atoms with E-state index in [9.17, 15) is 10.0 Å². The lowest BCUT2D eigenvalue weighted by Gasteiger charge is -2.36. The first-order valence-electron chi connectivity index (χ1n) is 6.03. The summed E-state index contributed by atoms with van der Waals surface area (Å²) in [5.74, 6) is 0. The highest BCUT2D eigenvalue weighted by atomic mass is 16.6. The monoisotopic (exact) mass is 250 g/mol. The van der Waals surface area contributed by atoms with Gasteiger partial charge in [-0.2, -0.15) is 0 Å². The van der Waals surface area contributed by atoms with Gasteiger partial charge in [-0.25, -0.2) is 4.79 Å². The Kier molecular flexibility index (Phi) is 4.73. The molecule has 0 aromatic heterocycles. The molecule has 0 aliphatic carbocycles. The van der Waals surface area contributed by atoms with Crippen LogP contribution in [-0.4, -0.2) is 22.8 Å². The van der Waals surface area contributed by atoms with E-state index in [0.717, 1.165) is 5.56 Å². The van der Waals surface area contributed by atoms with E-state index in [1.54, 1.807) is 27.7 Å². The number of nitrogens with zero attached hydrogens (tertiary/aromatic N) is 1. The van der Waals surface area contributed by atoms with Crippen LogP contribution in [-0.2, 0) is 11.2 Å². The Morgan fingerprint density at radius 1 is 1.33 bits per heavy atom. The summed E-state index contributed by atoms with van der Waals surface area (Å²) in [4.78, 5) is 11.6. The molecule has 0 N–H and O–H groups in total. The molecule has 0 saturated heterocycles. The molecular formula is C14H20NO3-. The minimum Gasteiger partial charge on any atom is -0.753 e. The Bertz CT molecular complexity index is 384. The number of carbonyl (C=O) groups is 1. The number of ether oxygens (including phenoxy) is 1. The second kappa shape index (κ2) is 5.87. The van der Waals surface area contributed by atoms with E-state index in [2.05, 4.69) is 0 Å². The first-order valence-corrected chi connectivity index (χ1v) is 6.03. The molecule has 1 rings (SSSR count). The predicted molar refractivity (Wildman–Crippen MR) is 71.0 cm³/mol. The lowest BCUT2D eigenvalue weighted by atomic mass is 10.1. The number of benzene rings is 1. The Balaban J connectivity index is 2.56. The summed E-state index contributed by atoms with van der Waals surface area (Å²) in [6.45, 7) is 6.92. The van der Waals surface area contributed by atoms with Crippen LogP contribution in [0.4, 0.5) is 4.79 Å². The average Bonchev–Trinajstić information content (AvgIpc) is 2.27. The van der Waals surface area contributed by atoms with Gasteiger partial charge in [0.2, 0.25) is 0 Å². The maximum absolute atomic E-state index is 11.8. The molecule has 0 radical (unpaired) electrons. The molecule has 0 aliphatic heterocycles. The Morgan fingerprint density at radius 2 is 1.89 bits per heavy atom. The highest BCUT2D eigenvalue weighted by Gasteiger charge is 2.20. The Morgan fingerprint density at radius 3 is 2.39 bits per heavy atom. The van der Waals surface area contributed by atoms with Crippen molar-refractivity contribution in [2.45, 2.75) is 45.8 Å². The molecule has 1 aromatic carbocycles. The summed E-state index contributed by atoms with van der Waals surface area (Å²) in [5, 5.41) is 12.2. The fraction of sp³-hybridized carbons (Fsp3) is 0.500. The van der Waals surface area contributed by atoms with Crippen molar-refractivity contribution >= 4 is 6.09 Å². The second-order valence-electron chi connectivity index (χ2n) is 5.34. The SMILES string of the molecule is CC(Cc1ccccc1)N([O-])C(=O)OC(C)(C)C. The third-order valence-electron chi connectivity index (χ3n) is 2.35. The van der Waals surface area contributed by atoms with Gasteiger partial charge in [0, 0.05) is 6.04 Å². The van der Waals surface area contributed by atoms with Crippen molar-refractivity contribution in [3.05, 3.63) is 41.1 Å². The molecule has 100 valence electrons. The highest BCUT2D eigenvalue weighted by Crippen LogP contribution is 2.13. The van der Waals surface area contributed by atoms with Gasteiger partial charge < -0.3 is 15.0 Å². The fourth-order valence-electron chi connectivity index (χ4n) is 1.52. The molecule has 1 aromatic rings.